The lowest BCUT2D eigenvalue weighted by Gasteiger charge is -2.23. The first-order valence-corrected chi connectivity index (χ1v) is 9.90. The maximum atomic E-state index is 12.4. The van der Waals surface area contributed by atoms with Gasteiger partial charge in [0, 0.05) is 25.5 Å². The van der Waals surface area contributed by atoms with Crippen molar-refractivity contribution in [3.05, 3.63) is 47.2 Å². The van der Waals surface area contributed by atoms with Crippen molar-refractivity contribution in [2.45, 2.75) is 25.4 Å². The molecule has 0 unspecified atom stereocenters. The van der Waals surface area contributed by atoms with Crippen LogP contribution in [-0.2, 0) is 6.54 Å². The molecule has 1 aromatic carbocycles. The van der Waals surface area contributed by atoms with E-state index < -0.39 is 0 Å². The molecule has 3 aromatic rings. The van der Waals surface area contributed by atoms with Crippen LogP contribution in [-0.4, -0.2) is 47.0 Å². The third-order valence-corrected chi connectivity index (χ3v) is 5.65. The number of hydrogen-bond donors (Lipinski definition) is 2. The smallest absolute Gasteiger partial charge is 0.254 e. The standard InChI is InChI=1S/C19H22N6OS/c1-25(12-17-24-15-4-2-3-5-16(15)27-17)19-21-10-13(11-22-19)18(26)23-14-6-8-20-9-7-14/h2-5,10-11,14,20H,6-9,12H2,1H3,(H,23,26). The number of hydrogen-bond acceptors (Lipinski definition) is 7. The van der Waals surface area contributed by atoms with Gasteiger partial charge >= 0.3 is 0 Å². The fourth-order valence-corrected chi connectivity index (χ4v) is 4.15. The van der Waals surface area contributed by atoms with Crippen molar-refractivity contribution in [3.8, 4) is 0 Å². The zero-order chi connectivity index (χ0) is 18.6. The van der Waals surface area contributed by atoms with E-state index in [1.165, 1.54) is 4.70 Å². The van der Waals surface area contributed by atoms with E-state index >= 15 is 0 Å². The summed E-state index contributed by atoms with van der Waals surface area (Å²) in [6.45, 7) is 2.51. The molecule has 0 spiro atoms. The van der Waals surface area contributed by atoms with Gasteiger partial charge in [0.1, 0.15) is 5.01 Å². The molecule has 0 atom stereocenters. The Labute approximate surface area is 161 Å². The average Bonchev–Trinajstić information content (AvgIpc) is 3.11. The number of anilines is 1. The minimum Gasteiger partial charge on any atom is -0.349 e. The van der Waals surface area contributed by atoms with Gasteiger partial charge in [-0.1, -0.05) is 12.1 Å². The monoisotopic (exact) mass is 382 g/mol. The summed E-state index contributed by atoms with van der Waals surface area (Å²) in [5, 5.41) is 7.36. The molecule has 140 valence electrons. The van der Waals surface area contributed by atoms with Crippen molar-refractivity contribution in [2.24, 2.45) is 0 Å². The Morgan fingerprint density at radius 2 is 2.00 bits per heavy atom. The molecule has 0 saturated carbocycles. The number of amides is 1. The van der Waals surface area contributed by atoms with Crippen molar-refractivity contribution in [1.82, 2.24) is 25.6 Å². The van der Waals surface area contributed by atoms with Gasteiger partial charge in [-0.2, -0.15) is 0 Å². The van der Waals surface area contributed by atoms with E-state index in [9.17, 15) is 4.79 Å². The molecule has 1 amide bonds. The van der Waals surface area contributed by atoms with Gasteiger partial charge < -0.3 is 15.5 Å². The highest BCUT2D eigenvalue weighted by Crippen LogP contribution is 2.23. The van der Waals surface area contributed by atoms with Crippen LogP contribution in [0.1, 0.15) is 28.2 Å². The van der Waals surface area contributed by atoms with Crippen molar-refractivity contribution in [1.29, 1.82) is 0 Å². The maximum Gasteiger partial charge on any atom is 0.254 e. The van der Waals surface area contributed by atoms with Gasteiger partial charge in [0.25, 0.3) is 5.91 Å². The maximum absolute atomic E-state index is 12.4. The largest absolute Gasteiger partial charge is 0.349 e. The van der Waals surface area contributed by atoms with E-state index in [-0.39, 0.29) is 11.9 Å². The fourth-order valence-electron chi connectivity index (χ4n) is 3.13. The molecule has 4 rings (SSSR count). The van der Waals surface area contributed by atoms with Gasteiger partial charge in [-0.15, -0.1) is 11.3 Å². The SMILES string of the molecule is CN(Cc1nc2ccccc2s1)c1ncc(C(=O)NC2CCNCC2)cn1. The molecule has 1 aliphatic rings. The topological polar surface area (TPSA) is 83.0 Å². The highest BCUT2D eigenvalue weighted by Gasteiger charge is 2.17. The summed E-state index contributed by atoms with van der Waals surface area (Å²) in [5.41, 5.74) is 1.50. The second-order valence-electron chi connectivity index (χ2n) is 6.70. The molecule has 1 aliphatic heterocycles. The number of rotatable bonds is 5. The minimum absolute atomic E-state index is 0.109. The summed E-state index contributed by atoms with van der Waals surface area (Å²) >= 11 is 1.67. The van der Waals surface area contributed by atoms with E-state index in [1.54, 1.807) is 23.7 Å². The second-order valence-corrected chi connectivity index (χ2v) is 7.82. The zero-order valence-corrected chi connectivity index (χ0v) is 16.0. The van der Waals surface area contributed by atoms with Crippen molar-refractivity contribution in [3.63, 3.8) is 0 Å². The molecule has 2 aromatic heterocycles. The molecule has 3 heterocycles. The van der Waals surface area contributed by atoms with Crippen molar-refractivity contribution >= 4 is 33.4 Å². The number of nitrogens with one attached hydrogen (secondary N) is 2. The summed E-state index contributed by atoms with van der Waals surface area (Å²) in [5.74, 6) is 0.468. The number of thiazole rings is 1. The molecular formula is C19H22N6OS. The molecular weight excluding hydrogens is 360 g/mol. The second kappa shape index (κ2) is 7.98. The fraction of sp³-hybridized carbons (Fsp3) is 0.368. The van der Waals surface area contributed by atoms with Crippen LogP contribution in [0.5, 0.6) is 0 Å². The first-order valence-electron chi connectivity index (χ1n) is 9.08. The van der Waals surface area contributed by atoms with E-state index in [4.69, 9.17) is 0 Å². The van der Waals surface area contributed by atoms with E-state index in [1.807, 2.05) is 30.1 Å². The van der Waals surface area contributed by atoms with E-state index in [2.05, 4.69) is 31.7 Å². The Balaban J connectivity index is 1.39. The highest BCUT2D eigenvalue weighted by molar-refractivity contribution is 7.18. The number of aromatic nitrogens is 3. The van der Waals surface area contributed by atoms with Gasteiger partial charge in [0.15, 0.2) is 0 Å². The van der Waals surface area contributed by atoms with Gasteiger partial charge in [-0.3, -0.25) is 4.79 Å². The van der Waals surface area contributed by atoms with Gasteiger partial charge in [0.05, 0.1) is 22.3 Å². The van der Waals surface area contributed by atoms with Crippen molar-refractivity contribution in [2.75, 3.05) is 25.0 Å². The molecule has 27 heavy (non-hydrogen) atoms. The Morgan fingerprint density at radius 3 is 2.74 bits per heavy atom. The average molecular weight is 382 g/mol. The van der Waals surface area contributed by atoms with Gasteiger partial charge in [-0.25, -0.2) is 15.0 Å². The third-order valence-electron chi connectivity index (χ3n) is 4.63. The number of carbonyl (C=O) groups is 1. The molecule has 8 heteroatoms. The normalized spacial score (nSPS) is 15.0. The van der Waals surface area contributed by atoms with Crippen LogP contribution in [0.4, 0.5) is 5.95 Å². The zero-order valence-electron chi connectivity index (χ0n) is 15.2. The molecule has 0 aliphatic carbocycles. The summed E-state index contributed by atoms with van der Waals surface area (Å²) in [6.07, 6.45) is 5.09. The molecule has 2 N–H and O–H groups in total. The predicted molar refractivity (Wildman–Crippen MR) is 107 cm³/mol. The predicted octanol–water partition coefficient (Wildman–Crippen LogP) is 2.20. The summed E-state index contributed by atoms with van der Waals surface area (Å²) in [4.78, 5) is 27.7. The summed E-state index contributed by atoms with van der Waals surface area (Å²) in [6, 6.07) is 8.32. The lowest BCUT2D eigenvalue weighted by molar-refractivity contribution is 0.0929. The Bertz CT molecular complexity index is 886. The molecule has 1 saturated heterocycles. The van der Waals surface area contributed by atoms with Crippen LogP contribution in [0.2, 0.25) is 0 Å². The molecule has 0 bridgehead atoms. The first-order chi connectivity index (χ1) is 13.2. The number of para-hydroxylation sites is 1. The third kappa shape index (κ3) is 4.23. The molecule has 1 fully saturated rings. The number of piperidine rings is 1. The molecule has 0 radical (unpaired) electrons. The van der Waals surface area contributed by atoms with Crippen molar-refractivity contribution < 1.29 is 4.79 Å². The summed E-state index contributed by atoms with van der Waals surface area (Å²) < 4.78 is 1.17. The number of fused-ring (bicyclic) bond motifs is 1. The van der Waals surface area contributed by atoms with E-state index in [0.717, 1.165) is 36.5 Å². The van der Waals surface area contributed by atoms with Crippen LogP contribution in [0.15, 0.2) is 36.7 Å². The summed E-state index contributed by atoms with van der Waals surface area (Å²) in [7, 11) is 1.93. The lowest BCUT2D eigenvalue weighted by atomic mass is 10.1. The van der Waals surface area contributed by atoms with Crippen LogP contribution in [0, 0.1) is 0 Å². The van der Waals surface area contributed by atoms with Gasteiger partial charge in [0.2, 0.25) is 5.95 Å². The van der Waals surface area contributed by atoms with Crippen LogP contribution >= 0.6 is 11.3 Å². The minimum atomic E-state index is -0.109. The first kappa shape index (κ1) is 17.8. The van der Waals surface area contributed by atoms with Crippen LogP contribution in [0.3, 0.4) is 0 Å². The quantitative estimate of drug-likeness (QED) is 0.704. The Morgan fingerprint density at radius 1 is 1.26 bits per heavy atom. The Kier molecular flexibility index (Phi) is 5.26. The number of benzene rings is 1. The molecule has 7 nitrogen and oxygen atoms in total. The van der Waals surface area contributed by atoms with Crippen LogP contribution < -0.4 is 15.5 Å². The number of carbonyl (C=O) groups excluding carboxylic acids is 1. The van der Waals surface area contributed by atoms with Gasteiger partial charge in [-0.05, 0) is 38.1 Å². The Hall–Kier alpha value is -2.58. The lowest BCUT2D eigenvalue weighted by Crippen LogP contribution is -2.42. The van der Waals surface area contributed by atoms with E-state index in [0.29, 0.717) is 18.1 Å². The van der Waals surface area contributed by atoms with Crippen LogP contribution in [0.25, 0.3) is 10.2 Å². The highest BCUT2D eigenvalue weighted by atomic mass is 32.1. The number of nitrogens with zero attached hydrogens (tertiary/aromatic N) is 4.